The third kappa shape index (κ3) is 3.81. The number of hydrogen-bond acceptors (Lipinski definition) is 4. The highest BCUT2D eigenvalue weighted by Gasteiger charge is 2.12. The van der Waals surface area contributed by atoms with Crippen LogP contribution in [0.5, 0.6) is 0 Å². The molecule has 0 aliphatic heterocycles. The maximum Gasteiger partial charge on any atom is 0.274 e. The van der Waals surface area contributed by atoms with Gasteiger partial charge in [0, 0.05) is 17.8 Å². The number of nitrogens with one attached hydrogen (secondary N) is 2. The Morgan fingerprint density at radius 2 is 1.86 bits per heavy atom. The molecule has 0 radical (unpaired) electrons. The largest absolute Gasteiger partial charge is 0.368 e. The Morgan fingerprint density at radius 3 is 2.55 bits per heavy atom. The summed E-state index contributed by atoms with van der Waals surface area (Å²) in [6, 6.07) is 7.75. The number of hydrogen-bond donors (Lipinski definition) is 2. The molecule has 0 bridgehead atoms. The van der Waals surface area contributed by atoms with E-state index in [2.05, 4.69) is 20.6 Å². The lowest BCUT2D eigenvalue weighted by Gasteiger charge is -2.12. The van der Waals surface area contributed by atoms with Crippen molar-refractivity contribution in [3.05, 3.63) is 46.9 Å². The SMILES string of the molecule is Cc1nc(NC(C)C)cc(C(=O)Nc2cccc(C)c2C)n1. The molecule has 116 valence electrons. The predicted octanol–water partition coefficient (Wildman–Crippen LogP) is 3.47. The number of benzene rings is 1. The first-order valence-electron chi connectivity index (χ1n) is 7.36. The van der Waals surface area contributed by atoms with Gasteiger partial charge in [0.2, 0.25) is 0 Å². The second kappa shape index (κ2) is 6.56. The topological polar surface area (TPSA) is 66.9 Å². The van der Waals surface area contributed by atoms with Crippen LogP contribution in [0, 0.1) is 20.8 Å². The van der Waals surface area contributed by atoms with Crippen molar-refractivity contribution < 1.29 is 4.79 Å². The second-order valence-electron chi connectivity index (χ2n) is 5.69. The van der Waals surface area contributed by atoms with Gasteiger partial charge in [-0.3, -0.25) is 4.79 Å². The molecule has 0 aliphatic carbocycles. The van der Waals surface area contributed by atoms with E-state index in [0.29, 0.717) is 17.3 Å². The molecule has 22 heavy (non-hydrogen) atoms. The van der Waals surface area contributed by atoms with Crippen LogP contribution >= 0.6 is 0 Å². The van der Waals surface area contributed by atoms with Crippen LogP contribution in [0.25, 0.3) is 0 Å². The molecule has 1 aromatic heterocycles. The number of nitrogens with zero attached hydrogens (tertiary/aromatic N) is 2. The van der Waals surface area contributed by atoms with Crippen molar-refractivity contribution in [2.45, 2.75) is 40.7 Å². The second-order valence-corrected chi connectivity index (χ2v) is 5.69. The van der Waals surface area contributed by atoms with Crippen molar-refractivity contribution in [2.24, 2.45) is 0 Å². The molecule has 2 rings (SSSR count). The van der Waals surface area contributed by atoms with E-state index in [4.69, 9.17) is 0 Å². The monoisotopic (exact) mass is 298 g/mol. The Hall–Kier alpha value is -2.43. The summed E-state index contributed by atoms with van der Waals surface area (Å²) in [7, 11) is 0. The summed E-state index contributed by atoms with van der Waals surface area (Å²) in [6.45, 7) is 9.83. The fourth-order valence-electron chi connectivity index (χ4n) is 2.13. The smallest absolute Gasteiger partial charge is 0.274 e. The van der Waals surface area contributed by atoms with E-state index in [9.17, 15) is 4.79 Å². The van der Waals surface area contributed by atoms with Crippen molar-refractivity contribution in [1.29, 1.82) is 0 Å². The molecule has 0 fully saturated rings. The Bertz CT molecular complexity index is 695. The Morgan fingerprint density at radius 1 is 1.14 bits per heavy atom. The van der Waals surface area contributed by atoms with Gasteiger partial charge in [0.1, 0.15) is 17.3 Å². The molecule has 5 nitrogen and oxygen atoms in total. The molecule has 1 heterocycles. The Balaban J connectivity index is 2.26. The lowest BCUT2D eigenvalue weighted by atomic mass is 10.1. The van der Waals surface area contributed by atoms with Gasteiger partial charge in [-0.05, 0) is 51.8 Å². The number of aryl methyl sites for hydroxylation is 2. The molecule has 0 atom stereocenters. The number of rotatable bonds is 4. The Kier molecular flexibility index (Phi) is 4.75. The van der Waals surface area contributed by atoms with E-state index >= 15 is 0 Å². The van der Waals surface area contributed by atoms with E-state index in [0.717, 1.165) is 16.8 Å². The summed E-state index contributed by atoms with van der Waals surface area (Å²) in [5.74, 6) is 0.997. The van der Waals surface area contributed by atoms with Crippen LogP contribution in [0.2, 0.25) is 0 Å². The summed E-state index contributed by atoms with van der Waals surface area (Å²) < 4.78 is 0. The highest BCUT2D eigenvalue weighted by molar-refractivity contribution is 6.03. The minimum absolute atomic E-state index is 0.231. The molecule has 0 saturated carbocycles. The third-order valence-corrected chi connectivity index (χ3v) is 3.36. The fourth-order valence-corrected chi connectivity index (χ4v) is 2.13. The van der Waals surface area contributed by atoms with Gasteiger partial charge in [0.15, 0.2) is 0 Å². The van der Waals surface area contributed by atoms with E-state index in [1.165, 1.54) is 0 Å². The average Bonchev–Trinajstić information content (AvgIpc) is 2.42. The van der Waals surface area contributed by atoms with Crippen LogP contribution in [-0.2, 0) is 0 Å². The molecule has 5 heteroatoms. The van der Waals surface area contributed by atoms with Crippen molar-refractivity contribution in [2.75, 3.05) is 10.6 Å². The highest BCUT2D eigenvalue weighted by Crippen LogP contribution is 2.19. The minimum Gasteiger partial charge on any atom is -0.368 e. The van der Waals surface area contributed by atoms with Crippen LogP contribution in [0.4, 0.5) is 11.5 Å². The summed E-state index contributed by atoms with van der Waals surface area (Å²) >= 11 is 0. The zero-order valence-corrected chi connectivity index (χ0v) is 13.7. The van der Waals surface area contributed by atoms with E-state index in [1.54, 1.807) is 13.0 Å². The van der Waals surface area contributed by atoms with Gasteiger partial charge in [-0.25, -0.2) is 9.97 Å². The van der Waals surface area contributed by atoms with Crippen LogP contribution in [-0.4, -0.2) is 21.9 Å². The molecule has 0 spiro atoms. The van der Waals surface area contributed by atoms with Gasteiger partial charge in [-0.2, -0.15) is 0 Å². The van der Waals surface area contributed by atoms with Gasteiger partial charge < -0.3 is 10.6 Å². The molecule has 1 aromatic carbocycles. The molecule has 1 amide bonds. The first-order chi connectivity index (χ1) is 10.4. The van der Waals surface area contributed by atoms with Crippen molar-refractivity contribution in [3.63, 3.8) is 0 Å². The fraction of sp³-hybridized carbons (Fsp3) is 0.353. The van der Waals surface area contributed by atoms with Crippen LogP contribution in [0.15, 0.2) is 24.3 Å². The van der Waals surface area contributed by atoms with E-state index < -0.39 is 0 Å². The quantitative estimate of drug-likeness (QED) is 0.907. The maximum absolute atomic E-state index is 12.4. The van der Waals surface area contributed by atoms with E-state index in [1.807, 2.05) is 45.9 Å². The minimum atomic E-state index is -0.231. The maximum atomic E-state index is 12.4. The standard InChI is InChI=1S/C17H22N4O/c1-10(2)18-16-9-15(19-13(5)20-16)17(22)21-14-8-6-7-11(3)12(14)4/h6-10H,1-5H3,(H,21,22)(H,18,19,20). The molecular weight excluding hydrogens is 276 g/mol. The van der Waals surface area contributed by atoms with Crippen LogP contribution in [0.1, 0.15) is 41.3 Å². The lowest BCUT2D eigenvalue weighted by molar-refractivity contribution is 0.102. The zero-order chi connectivity index (χ0) is 16.3. The Labute approximate surface area is 131 Å². The van der Waals surface area contributed by atoms with Gasteiger partial charge in [0.25, 0.3) is 5.91 Å². The summed E-state index contributed by atoms with van der Waals surface area (Å²) in [5, 5.41) is 6.11. The molecule has 2 N–H and O–H groups in total. The lowest BCUT2D eigenvalue weighted by Crippen LogP contribution is -2.18. The number of carbonyl (C=O) groups is 1. The van der Waals surface area contributed by atoms with E-state index in [-0.39, 0.29) is 11.9 Å². The number of anilines is 2. The van der Waals surface area contributed by atoms with Gasteiger partial charge in [-0.1, -0.05) is 12.1 Å². The average molecular weight is 298 g/mol. The third-order valence-electron chi connectivity index (χ3n) is 3.36. The first-order valence-corrected chi connectivity index (χ1v) is 7.36. The molecule has 2 aromatic rings. The zero-order valence-electron chi connectivity index (χ0n) is 13.7. The van der Waals surface area contributed by atoms with Gasteiger partial charge in [-0.15, -0.1) is 0 Å². The first kappa shape index (κ1) is 15.9. The number of amides is 1. The van der Waals surface area contributed by atoms with Crippen molar-refractivity contribution in [3.8, 4) is 0 Å². The van der Waals surface area contributed by atoms with Crippen LogP contribution in [0.3, 0.4) is 0 Å². The molecule has 0 saturated heterocycles. The summed E-state index contributed by atoms with van der Waals surface area (Å²) in [6.07, 6.45) is 0. The molecular formula is C17H22N4O. The van der Waals surface area contributed by atoms with Crippen molar-refractivity contribution in [1.82, 2.24) is 9.97 Å². The van der Waals surface area contributed by atoms with Gasteiger partial charge in [0.05, 0.1) is 0 Å². The number of aromatic nitrogens is 2. The summed E-state index contributed by atoms with van der Waals surface area (Å²) in [5.41, 5.74) is 3.36. The number of carbonyl (C=O) groups excluding carboxylic acids is 1. The molecule has 0 unspecified atom stereocenters. The predicted molar refractivity (Wildman–Crippen MR) is 89.4 cm³/mol. The summed E-state index contributed by atoms with van der Waals surface area (Å²) in [4.78, 5) is 21.0. The molecule has 0 aliphatic rings. The van der Waals surface area contributed by atoms with Gasteiger partial charge >= 0.3 is 0 Å². The normalized spacial score (nSPS) is 10.6. The van der Waals surface area contributed by atoms with Crippen molar-refractivity contribution >= 4 is 17.4 Å². The highest BCUT2D eigenvalue weighted by atomic mass is 16.1. The van der Waals surface area contributed by atoms with Crippen LogP contribution < -0.4 is 10.6 Å².